The number of benzene rings is 2. The Morgan fingerprint density at radius 1 is 1.00 bits per heavy atom. The summed E-state index contributed by atoms with van der Waals surface area (Å²) in [6.45, 7) is 14.5. The van der Waals surface area contributed by atoms with E-state index in [4.69, 9.17) is 18.4 Å². The quantitative estimate of drug-likeness (QED) is 0.404. The van der Waals surface area contributed by atoms with Crippen molar-refractivity contribution in [2.75, 3.05) is 37.7 Å². The third-order valence-electron chi connectivity index (χ3n) is 7.43. The second kappa shape index (κ2) is 11.4. The van der Waals surface area contributed by atoms with Gasteiger partial charge in [0.1, 0.15) is 17.6 Å². The van der Waals surface area contributed by atoms with Crippen molar-refractivity contribution in [3.63, 3.8) is 0 Å². The van der Waals surface area contributed by atoms with Crippen LogP contribution in [0.5, 0.6) is 5.75 Å². The smallest absolute Gasteiger partial charge is 0.456 e. The van der Waals surface area contributed by atoms with Crippen LogP contribution in [0.15, 0.2) is 77.2 Å². The van der Waals surface area contributed by atoms with Crippen LogP contribution < -0.4 is 14.5 Å². The summed E-state index contributed by atoms with van der Waals surface area (Å²) in [5.74, 6) is 1.77. The van der Waals surface area contributed by atoms with E-state index in [1.807, 2.05) is 24.3 Å². The summed E-state index contributed by atoms with van der Waals surface area (Å²) in [6.07, 6.45) is 6.64. The highest BCUT2D eigenvalue weighted by Crippen LogP contribution is 2.55. The lowest BCUT2D eigenvalue weighted by Crippen LogP contribution is -3.14. The second-order valence-corrected chi connectivity index (χ2v) is 11.0. The number of allylic oxidation sites excluding steroid dienone is 1. The summed E-state index contributed by atoms with van der Waals surface area (Å²) in [7, 11) is -3.78. The zero-order chi connectivity index (χ0) is 27.6. The van der Waals surface area contributed by atoms with E-state index in [-0.39, 0.29) is 18.5 Å². The summed E-state index contributed by atoms with van der Waals surface area (Å²) in [6, 6.07) is 14.4. The molecule has 0 aromatic heterocycles. The van der Waals surface area contributed by atoms with Crippen molar-refractivity contribution in [3.05, 3.63) is 88.7 Å². The van der Waals surface area contributed by atoms with Crippen LogP contribution in [0.1, 0.15) is 51.3 Å². The fourth-order valence-electron chi connectivity index (χ4n) is 5.42. The minimum absolute atomic E-state index is 0.138. The van der Waals surface area contributed by atoms with E-state index in [0.717, 1.165) is 65.6 Å². The van der Waals surface area contributed by atoms with Gasteiger partial charge < -0.3 is 19.1 Å². The minimum atomic E-state index is -3.78. The van der Waals surface area contributed by atoms with Crippen LogP contribution in [-0.4, -0.2) is 44.7 Å². The Morgan fingerprint density at radius 2 is 1.74 bits per heavy atom. The normalized spacial score (nSPS) is 21.4. The van der Waals surface area contributed by atoms with Gasteiger partial charge in [0, 0.05) is 53.2 Å². The number of phosphoric ester groups is 1. The highest BCUT2D eigenvalue weighted by Gasteiger charge is 2.40. The number of oxime groups is 1. The molecule has 39 heavy (non-hydrogen) atoms. The number of nitrogens with zero attached hydrogens (tertiary/aromatic N) is 2. The summed E-state index contributed by atoms with van der Waals surface area (Å²) >= 11 is 0. The Labute approximate surface area is 230 Å². The summed E-state index contributed by atoms with van der Waals surface area (Å²) < 4.78 is 35.4. The van der Waals surface area contributed by atoms with Gasteiger partial charge in [-0.1, -0.05) is 18.2 Å². The Balaban J connectivity index is 1.67. The van der Waals surface area contributed by atoms with E-state index in [0.29, 0.717) is 5.56 Å². The zero-order valence-electron chi connectivity index (χ0n) is 23.3. The molecule has 0 radical (unpaired) electrons. The lowest BCUT2D eigenvalue weighted by molar-refractivity contribution is -0.908. The second-order valence-electron chi connectivity index (χ2n) is 9.50. The van der Waals surface area contributed by atoms with Gasteiger partial charge in [-0.15, -0.1) is 0 Å². The van der Waals surface area contributed by atoms with E-state index >= 15 is 0 Å². The number of quaternary nitrogens is 1. The van der Waals surface area contributed by atoms with Gasteiger partial charge in [-0.2, -0.15) is 0 Å². The molecule has 2 unspecified atom stereocenters. The number of ether oxygens (including phenoxy) is 1. The van der Waals surface area contributed by atoms with Gasteiger partial charge in [0.2, 0.25) is 0 Å². The van der Waals surface area contributed by atoms with Crippen molar-refractivity contribution in [1.29, 1.82) is 0 Å². The van der Waals surface area contributed by atoms with Crippen LogP contribution in [0, 0.1) is 0 Å². The third-order valence-corrected chi connectivity index (χ3v) is 8.69. The Morgan fingerprint density at radius 3 is 2.44 bits per heavy atom. The van der Waals surface area contributed by atoms with Gasteiger partial charge in [-0.25, -0.2) is 4.57 Å². The average molecular weight is 551 g/mol. The summed E-state index contributed by atoms with van der Waals surface area (Å²) in [5.41, 5.74) is 5.61. The third kappa shape index (κ3) is 5.17. The van der Waals surface area contributed by atoms with Gasteiger partial charge in [0.15, 0.2) is 0 Å². The molecule has 0 saturated heterocycles. The molecule has 206 valence electrons. The average Bonchev–Trinajstić information content (AvgIpc) is 3.34. The van der Waals surface area contributed by atoms with Crippen LogP contribution in [0.2, 0.25) is 0 Å². The number of likely N-dealkylation sites (N-methyl/N-ethyl adjacent to an activating group) is 1. The zero-order valence-corrected chi connectivity index (χ0v) is 24.2. The summed E-state index contributed by atoms with van der Waals surface area (Å²) in [5, 5.41) is 4.02. The number of fused-ring (bicyclic) bond motifs is 2. The molecule has 5 rings (SSSR count). The molecule has 0 fully saturated rings. The summed E-state index contributed by atoms with van der Waals surface area (Å²) in [4.78, 5) is 3.77. The molecule has 2 aromatic rings. The van der Waals surface area contributed by atoms with E-state index in [1.165, 1.54) is 4.90 Å². The highest BCUT2D eigenvalue weighted by molar-refractivity contribution is 7.49. The SMILES string of the molecule is CCOP1(=O)ON=C(c2ccccc2C2=C3C=CC([NH+](CC)CC)C=C3Oc3cc(N(CC)CC)ccc32)O1. The fraction of sp³-hybridized carbons (Fsp3) is 0.367. The first-order valence-corrected chi connectivity index (χ1v) is 15.3. The number of hydrogen-bond acceptors (Lipinski definition) is 7. The number of hydrogen-bond donors (Lipinski definition) is 1. The van der Waals surface area contributed by atoms with Gasteiger partial charge in [0.25, 0.3) is 5.90 Å². The van der Waals surface area contributed by atoms with Crippen molar-refractivity contribution in [2.24, 2.45) is 5.16 Å². The highest BCUT2D eigenvalue weighted by atomic mass is 31.2. The molecular weight excluding hydrogens is 513 g/mol. The van der Waals surface area contributed by atoms with E-state index in [2.05, 4.69) is 74.2 Å². The molecule has 3 aliphatic rings. The fourth-order valence-corrected chi connectivity index (χ4v) is 6.39. The molecule has 1 N–H and O–H groups in total. The maximum Gasteiger partial charge on any atom is 0.609 e. The Kier molecular flexibility index (Phi) is 7.98. The van der Waals surface area contributed by atoms with E-state index in [9.17, 15) is 4.57 Å². The number of rotatable bonds is 10. The van der Waals surface area contributed by atoms with Gasteiger partial charge in [-0.3, -0.25) is 9.15 Å². The number of anilines is 1. The molecule has 2 atom stereocenters. The molecule has 1 aliphatic carbocycles. The topological polar surface area (TPSA) is 74.0 Å². The molecule has 2 heterocycles. The molecule has 9 heteroatoms. The lowest BCUT2D eigenvalue weighted by Gasteiger charge is -2.31. The van der Waals surface area contributed by atoms with Gasteiger partial charge in [0.05, 0.1) is 19.7 Å². The monoisotopic (exact) mass is 550 g/mol. The van der Waals surface area contributed by atoms with Crippen molar-refractivity contribution in [3.8, 4) is 5.75 Å². The molecule has 0 spiro atoms. The number of phosphoric acid groups is 1. The predicted octanol–water partition coefficient (Wildman–Crippen LogP) is 5.33. The van der Waals surface area contributed by atoms with E-state index < -0.39 is 7.82 Å². The van der Waals surface area contributed by atoms with Gasteiger partial charge in [-0.05, 0) is 75.7 Å². The molecule has 0 bridgehead atoms. The predicted molar refractivity (Wildman–Crippen MR) is 154 cm³/mol. The lowest BCUT2D eigenvalue weighted by atomic mass is 9.85. The Bertz CT molecular complexity index is 1410. The largest absolute Gasteiger partial charge is 0.609 e. The van der Waals surface area contributed by atoms with Crippen molar-refractivity contribution in [1.82, 2.24) is 0 Å². The molecule has 0 saturated carbocycles. The Hall–Kier alpha value is -3.32. The van der Waals surface area contributed by atoms with Crippen LogP contribution in [0.4, 0.5) is 5.69 Å². The first-order valence-electron chi connectivity index (χ1n) is 13.8. The maximum atomic E-state index is 12.8. The molecule has 2 aliphatic heterocycles. The van der Waals surface area contributed by atoms with Crippen LogP contribution in [0.3, 0.4) is 0 Å². The number of nitrogens with one attached hydrogen (secondary N) is 1. The standard InChI is InChI=1S/C30H36N3O5P/c1-6-32(7-2)21-15-17-25-27(19-21)36-28-20-22(33(8-3)9-4)16-18-26(28)29(25)23-13-11-12-14-24(23)30-31-38-39(34,37-30)35-10-5/h11-21H,6-10H2,1-5H3/p+1. The van der Waals surface area contributed by atoms with Crippen molar-refractivity contribution < 1.29 is 27.9 Å². The molecule has 2 aromatic carbocycles. The van der Waals surface area contributed by atoms with Crippen molar-refractivity contribution in [2.45, 2.75) is 40.7 Å². The minimum Gasteiger partial charge on any atom is -0.456 e. The van der Waals surface area contributed by atoms with Crippen LogP contribution >= 0.6 is 7.82 Å². The molecular formula is C30H37N3O5P+. The molecule has 0 amide bonds. The first kappa shape index (κ1) is 27.3. The van der Waals surface area contributed by atoms with Crippen LogP contribution in [0.25, 0.3) is 5.57 Å². The first-order chi connectivity index (χ1) is 18.9. The maximum absolute atomic E-state index is 12.8. The molecule has 8 nitrogen and oxygen atoms in total. The van der Waals surface area contributed by atoms with Crippen LogP contribution in [-0.2, 0) is 18.2 Å². The van der Waals surface area contributed by atoms with Gasteiger partial charge >= 0.3 is 7.82 Å². The van der Waals surface area contributed by atoms with E-state index in [1.54, 1.807) is 6.92 Å². The van der Waals surface area contributed by atoms with Crippen molar-refractivity contribution >= 4 is 25.0 Å².